The van der Waals surface area contributed by atoms with Gasteiger partial charge in [-0.05, 0) is 87.6 Å². The number of hydrazone groups is 1. The van der Waals surface area contributed by atoms with Crippen molar-refractivity contribution in [3.63, 3.8) is 0 Å². The number of hydrogen-bond donors (Lipinski definition) is 3. The Balaban J connectivity index is 1.52. The lowest BCUT2D eigenvalue weighted by Crippen LogP contribution is -2.34. The van der Waals surface area contributed by atoms with Crippen molar-refractivity contribution in [3.05, 3.63) is 81.8 Å². The molecule has 0 saturated heterocycles. The highest BCUT2D eigenvalue weighted by atomic mass is 79.9. The predicted octanol–water partition coefficient (Wildman–Crippen LogP) is 5.68. The number of halogens is 1. The average molecular weight is 610 g/mol. The minimum atomic E-state index is -0.282. The number of nitrogens with zero attached hydrogens (tertiary/aromatic N) is 3. The number of H-pyrrole nitrogens is 1. The van der Waals surface area contributed by atoms with Gasteiger partial charge < -0.3 is 9.84 Å². The van der Waals surface area contributed by atoms with Crippen LogP contribution in [0.25, 0.3) is 17.1 Å². The summed E-state index contributed by atoms with van der Waals surface area (Å²) >= 11 is 4.58. The number of phenolic OH excluding ortho intramolecular Hbond substituents is 1. The molecule has 0 bridgehead atoms. The van der Waals surface area contributed by atoms with Crippen molar-refractivity contribution in [1.82, 2.24) is 15.6 Å². The fourth-order valence-corrected chi connectivity index (χ4v) is 5.03. The Morgan fingerprint density at radius 1 is 1.18 bits per heavy atom. The van der Waals surface area contributed by atoms with Crippen LogP contribution in [0.2, 0.25) is 0 Å². The second-order valence-electron chi connectivity index (χ2n) is 9.99. The number of amides is 1. The number of nitrogens with one attached hydrogen (secondary N) is 2. The molecule has 202 valence electrons. The summed E-state index contributed by atoms with van der Waals surface area (Å²) in [7, 11) is 1.46. The molecule has 1 heterocycles. The fourth-order valence-electron chi connectivity index (χ4n) is 3.81. The molecule has 0 saturated carbocycles. The number of aryl methyl sites for hydroxylation is 1. The number of thioether (sulfide) groups is 1. The molecule has 0 unspecified atom stereocenters. The number of benzene rings is 3. The zero-order valence-electron chi connectivity index (χ0n) is 22.4. The molecule has 1 aromatic heterocycles. The van der Waals surface area contributed by atoms with Gasteiger partial charge in [0.15, 0.2) is 11.5 Å². The van der Waals surface area contributed by atoms with Gasteiger partial charge in [-0.25, -0.2) is 5.43 Å². The van der Waals surface area contributed by atoms with E-state index in [-0.39, 0.29) is 22.8 Å². The number of rotatable bonds is 8. The summed E-state index contributed by atoms with van der Waals surface area (Å²) in [5.41, 5.74) is 7.59. The van der Waals surface area contributed by atoms with E-state index in [1.165, 1.54) is 30.6 Å². The Morgan fingerprint density at radius 3 is 2.51 bits per heavy atom. The summed E-state index contributed by atoms with van der Waals surface area (Å²) < 4.78 is 7.63. The van der Waals surface area contributed by atoms with Gasteiger partial charge in [-0.3, -0.25) is 4.79 Å². The van der Waals surface area contributed by atoms with Gasteiger partial charge in [0.1, 0.15) is 5.69 Å². The minimum absolute atomic E-state index is 0.000448. The maximum absolute atomic E-state index is 12.6. The van der Waals surface area contributed by atoms with Crippen molar-refractivity contribution < 1.29 is 19.2 Å². The van der Waals surface area contributed by atoms with Gasteiger partial charge in [0.25, 0.3) is 11.7 Å². The van der Waals surface area contributed by atoms with Crippen molar-refractivity contribution in [2.75, 3.05) is 12.9 Å². The Labute approximate surface area is 240 Å². The molecule has 0 aliphatic carbocycles. The van der Waals surface area contributed by atoms with Crippen molar-refractivity contribution in [2.24, 2.45) is 5.10 Å². The van der Waals surface area contributed by atoms with Crippen LogP contribution in [0.15, 0.2) is 75.4 Å². The number of phenols is 1. The zero-order chi connectivity index (χ0) is 28.2. The van der Waals surface area contributed by atoms with Gasteiger partial charge in [-0.1, -0.05) is 50.6 Å². The van der Waals surface area contributed by atoms with E-state index in [9.17, 15) is 9.90 Å². The second kappa shape index (κ2) is 12.0. The largest absolute Gasteiger partial charge is 0.503 e. The first-order chi connectivity index (χ1) is 18.6. The third-order valence-corrected chi connectivity index (χ3v) is 7.54. The number of hydrogen-bond acceptors (Lipinski definition) is 6. The number of aromatic amines is 1. The van der Waals surface area contributed by atoms with Crippen molar-refractivity contribution >= 4 is 39.8 Å². The molecule has 4 aromatic rings. The van der Waals surface area contributed by atoms with Crippen LogP contribution in [0, 0.1) is 6.92 Å². The van der Waals surface area contributed by atoms with Gasteiger partial charge in [0.05, 0.1) is 34.2 Å². The van der Waals surface area contributed by atoms with Gasteiger partial charge in [0, 0.05) is 0 Å². The maximum Gasteiger partial charge on any atom is 0.342 e. The molecule has 0 radical (unpaired) electrons. The van der Waals surface area contributed by atoms with E-state index >= 15 is 0 Å². The van der Waals surface area contributed by atoms with E-state index in [4.69, 9.17) is 4.74 Å². The highest BCUT2D eigenvalue weighted by Crippen LogP contribution is 2.34. The Kier molecular flexibility index (Phi) is 8.76. The summed E-state index contributed by atoms with van der Waals surface area (Å²) in [4.78, 5) is 12.6. The number of carbonyl (C=O) groups excluding carboxylic acids is 1. The van der Waals surface area contributed by atoms with Crippen LogP contribution in [-0.2, 0) is 10.2 Å². The van der Waals surface area contributed by atoms with Crippen LogP contribution in [-0.4, -0.2) is 40.3 Å². The normalized spacial score (nSPS) is 11.6. The smallest absolute Gasteiger partial charge is 0.342 e. The molecule has 0 aliphatic heterocycles. The first kappa shape index (κ1) is 28.4. The first-order valence-electron chi connectivity index (χ1n) is 12.3. The number of carbonyl (C=O) groups is 1. The number of aromatic hydroxyl groups is 1. The lowest BCUT2D eigenvalue weighted by Gasteiger charge is -2.18. The molecule has 4 rings (SSSR count). The zero-order valence-corrected chi connectivity index (χ0v) is 24.9. The van der Waals surface area contributed by atoms with Crippen molar-refractivity contribution in [2.45, 2.75) is 38.3 Å². The van der Waals surface area contributed by atoms with E-state index in [0.717, 1.165) is 22.6 Å². The van der Waals surface area contributed by atoms with Crippen molar-refractivity contribution in [3.8, 4) is 28.6 Å². The molecule has 8 nitrogen and oxygen atoms in total. The molecule has 10 heteroatoms. The topological polar surface area (TPSA) is 103 Å². The Morgan fingerprint density at radius 2 is 1.87 bits per heavy atom. The monoisotopic (exact) mass is 608 g/mol. The molecule has 0 atom stereocenters. The Hall–Kier alpha value is -3.63. The summed E-state index contributed by atoms with van der Waals surface area (Å²) in [6.07, 6.45) is 1.48. The Bertz CT molecular complexity index is 1490. The molecule has 1 amide bonds. The third-order valence-electron chi connectivity index (χ3n) is 5.99. The quantitative estimate of drug-likeness (QED) is 0.103. The molecule has 0 fully saturated rings. The van der Waals surface area contributed by atoms with Crippen LogP contribution in [0.5, 0.6) is 11.5 Å². The first-order valence-corrected chi connectivity index (χ1v) is 14.0. The summed E-state index contributed by atoms with van der Waals surface area (Å²) in [5.74, 6) is 0.956. The predicted molar refractivity (Wildman–Crippen MR) is 158 cm³/mol. The van der Waals surface area contributed by atoms with Crippen LogP contribution < -0.4 is 14.7 Å². The van der Waals surface area contributed by atoms with Crippen LogP contribution in [0.3, 0.4) is 0 Å². The highest BCUT2D eigenvalue weighted by molar-refractivity contribution is 9.10. The fraction of sp³-hybridized carbons (Fsp3) is 0.241. The van der Waals surface area contributed by atoms with Crippen LogP contribution in [0.4, 0.5) is 0 Å². The molecule has 0 spiro atoms. The molecule has 3 aromatic carbocycles. The molecule has 39 heavy (non-hydrogen) atoms. The van der Waals surface area contributed by atoms with Crippen LogP contribution >= 0.6 is 27.7 Å². The summed E-state index contributed by atoms with van der Waals surface area (Å²) in [6, 6.07) is 19.9. The van der Waals surface area contributed by atoms with E-state index in [1.807, 2.05) is 35.8 Å². The minimum Gasteiger partial charge on any atom is -0.503 e. The standard InChI is InChI=1S/C29H30BrN5O3S/c1-18-6-12-22(13-7-18)35-27(20-8-10-21(11-9-20)29(2,3)4)33-34-28(35)39-17-25(36)32-31-16-19-14-23(30)26(37)24(15-19)38-5/h6-16H,17H2,1-5H3,(H2,31,32,36,37)/p+1. The molecular weight excluding hydrogens is 578 g/mol. The molecular formula is C29H31BrN5O3S+. The lowest BCUT2D eigenvalue weighted by atomic mass is 9.87. The van der Waals surface area contributed by atoms with Crippen LogP contribution in [0.1, 0.15) is 37.5 Å². The maximum atomic E-state index is 12.6. The highest BCUT2D eigenvalue weighted by Gasteiger charge is 2.25. The summed E-state index contributed by atoms with van der Waals surface area (Å²) in [5, 5.41) is 22.3. The van der Waals surface area contributed by atoms with Gasteiger partial charge in [-0.2, -0.15) is 9.67 Å². The van der Waals surface area contributed by atoms with E-state index in [0.29, 0.717) is 20.9 Å². The molecule has 0 aliphatic rings. The van der Waals surface area contributed by atoms with Gasteiger partial charge >= 0.3 is 5.16 Å². The van der Waals surface area contributed by atoms with Crippen molar-refractivity contribution in [1.29, 1.82) is 0 Å². The van der Waals surface area contributed by atoms with Gasteiger partial charge in [0.2, 0.25) is 0 Å². The van der Waals surface area contributed by atoms with E-state index in [2.05, 4.69) is 81.7 Å². The third kappa shape index (κ3) is 6.88. The van der Waals surface area contributed by atoms with E-state index < -0.39 is 0 Å². The summed E-state index contributed by atoms with van der Waals surface area (Å²) in [6.45, 7) is 8.61. The SMILES string of the molecule is COc1cc(C=NNC(=O)CSc2n[nH]c(-c3ccc(C(C)(C)C)cc3)[n+]2-c2ccc(C)cc2)cc(Br)c1O. The number of ether oxygens (including phenoxy) is 1. The average Bonchev–Trinajstić information content (AvgIpc) is 3.33. The molecule has 3 N–H and O–H groups in total. The lowest BCUT2D eigenvalue weighted by molar-refractivity contribution is -0.625. The second-order valence-corrected chi connectivity index (χ2v) is 11.8. The number of methoxy groups -OCH3 is 1. The van der Waals surface area contributed by atoms with Gasteiger partial charge in [-0.15, -0.1) is 5.10 Å². The van der Waals surface area contributed by atoms with E-state index in [1.54, 1.807) is 12.1 Å². The number of aromatic nitrogens is 3.